The summed E-state index contributed by atoms with van der Waals surface area (Å²) < 4.78 is 18.3. The van der Waals surface area contributed by atoms with Gasteiger partial charge in [0.05, 0.1) is 5.69 Å². The van der Waals surface area contributed by atoms with Crippen LogP contribution in [0.2, 0.25) is 0 Å². The van der Waals surface area contributed by atoms with Gasteiger partial charge in [0.1, 0.15) is 17.3 Å². The minimum atomic E-state index is -0.738. The third-order valence-electron chi connectivity index (χ3n) is 3.16. The van der Waals surface area contributed by atoms with Gasteiger partial charge in [-0.15, -0.1) is 11.3 Å². The molecule has 122 valence electrons. The molecule has 0 fully saturated rings. The van der Waals surface area contributed by atoms with Crippen molar-refractivity contribution in [2.75, 3.05) is 5.32 Å². The van der Waals surface area contributed by atoms with Gasteiger partial charge in [-0.2, -0.15) is 0 Å². The second-order valence-electron chi connectivity index (χ2n) is 4.96. The van der Waals surface area contributed by atoms with Crippen LogP contribution in [0.4, 0.5) is 9.52 Å². The molecular formula is C17H14FN3O2S. The number of anilines is 1. The largest absolute Gasteiger partial charge is 0.481 e. The number of nitrogens with one attached hydrogen (secondary N) is 1. The molecule has 1 aromatic carbocycles. The van der Waals surface area contributed by atoms with Crippen LogP contribution in [0.1, 0.15) is 6.92 Å². The molecule has 2 heterocycles. The Hall–Kier alpha value is -2.80. The Morgan fingerprint density at radius 3 is 2.71 bits per heavy atom. The van der Waals surface area contributed by atoms with Crippen molar-refractivity contribution in [1.29, 1.82) is 0 Å². The summed E-state index contributed by atoms with van der Waals surface area (Å²) in [6, 6.07) is 11.1. The van der Waals surface area contributed by atoms with Crippen molar-refractivity contribution in [3.63, 3.8) is 0 Å². The molecule has 2 aromatic heterocycles. The number of hydrogen-bond acceptors (Lipinski definition) is 5. The lowest BCUT2D eigenvalue weighted by atomic mass is 10.3. The number of carbonyl (C=O) groups excluding carboxylic acids is 1. The minimum Gasteiger partial charge on any atom is -0.481 e. The summed E-state index contributed by atoms with van der Waals surface area (Å²) in [6.07, 6.45) is 0.948. The van der Waals surface area contributed by atoms with Crippen molar-refractivity contribution >= 4 is 22.4 Å². The molecule has 0 radical (unpaired) electrons. The van der Waals surface area contributed by atoms with E-state index in [4.69, 9.17) is 4.74 Å². The van der Waals surface area contributed by atoms with Crippen molar-refractivity contribution in [3.8, 4) is 17.1 Å². The Labute approximate surface area is 142 Å². The molecule has 24 heavy (non-hydrogen) atoms. The van der Waals surface area contributed by atoms with Crippen LogP contribution in [0.5, 0.6) is 5.75 Å². The highest BCUT2D eigenvalue weighted by molar-refractivity contribution is 7.14. The van der Waals surface area contributed by atoms with E-state index in [9.17, 15) is 9.18 Å². The van der Waals surface area contributed by atoms with Gasteiger partial charge in [-0.1, -0.05) is 6.07 Å². The van der Waals surface area contributed by atoms with E-state index in [-0.39, 0.29) is 11.7 Å². The maximum absolute atomic E-state index is 12.9. The van der Waals surface area contributed by atoms with E-state index in [0.29, 0.717) is 16.6 Å². The predicted molar refractivity (Wildman–Crippen MR) is 90.5 cm³/mol. The van der Waals surface area contributed by atoms with Crippen LogP contribution in [0, 0.1) is 5.82 Å². The average molecular weight is 343 g/mol. The number of benzene rings is 1. The van der Waals surface area contributed by atoms with Gasteiger partial charge < -0.3 is 4.74 Å². The van der Waals surface area contributed by atoms with E-state index in [1.54, 1.807) is 13.1 Å². The maximum atomic E-state index is 12.9. The molecule has 0 spiro atoms. The van der Waals surface area contributed by atoms with Crippen LogP contribution in [-0.2, 0) is 4.79 Å². The Bertz CT molecular complexity index is 821. The van der Waals surface area contributed by atoms with Gasteiger partial charge in [0.2, 0.25) is 0 Å². The monoisotopic (exact) mass is 343 g/mol. The molecule has 0 aliphatic heterocycles. The summed E-state index contributed by atoms with van der Waals surface area (Å²) in [5.74, 6) is -0.266. The maximum Gasteiger partial charge on any atom is 0.266 e. The zero-order valence-corrected chi connectivity index (χ0v) is 13.6. The summed E-state index contributed by atoms with van der Waals surface area (Å²) in [4.78, 5) is 20.7. The van der Waals surface area contributed by atoms with E-state index < -0.39 is 6.10 Å². The van der Waals surface area contributed by atoms with E-state index in [1.807, 2.05) is 23.6 Å². The van der Waals surface area contributed by atoms with Crippen molar-refractivity contribution in [2.24, 2.45) is 0 Å². The topological polar surface area (TPSA) is 64.1 Å². The Morgan fingerprint density at radius 2 is 2.00 bits per heavy atom. The minimum absolute atomic E-state index is 0.332. The Kier molecular flexibility index (Phi) is 4.81. The van der Waals surface area contributed by atoms with Gasteiger partial charge in [-0.25, -0.2) is 9.37 Å². The second-order valence-corrected chi connectivity index (χ2v) is 5.81. The zero-order valence-electron chi connectivity index (χ0n) is 12.8. The molecule has 1 atom stereocenters. The van der Waals surface area contributed by atoms with Gasteiger partial charge in [0, 0.05) is 11.6 Å². The number of hydrogen-bond donors (Lipinski definition) is 1. The number of carbonyl (C=O) groups is 1. The SMILES string of the molecule is C[C@@H](Oc1ccc(F)cc1)C(=O)Nc1nc(-c2ccccn2)cs1. The lowest BCUT2D eigenvalue weighted by Gasteiger charge is -2.13. The standard InChI is InChI=1S/C17H14FN3O2S/c1-11(23-13-7-5-12(18)6-8-13)16(22)21-17-20-15(10-24-17)14-4-2-3-9-19-14/h2-11H,1H3,(H,20,21,22)/t11-/m1/s1. The third kappa shape index (κ3) is 3.94. The number of aromatic nitrogens is 2. The molecular weight excluding hydrogens is 329 g/mol. The van der Waals surface area contributed by atoms with Crippen molar-refractivity contribution in [1.82, 2.24) is 9.97 Å². The highest BCUT2D eigenvalue weighted by atomic mass is 32.1. The van der Waals surface area contributed by atoms with Crippen molar-refractivity contribution < 1.29 is 13.9 Å². The van der Waals surface area contributed by atoms with Crippen LogP contribution in [-0.4, -0.2) is 22.0 Å². The number of ether oxygens (including phenoxy) is 1. The van der Waals surface area contributed by atoms with Crippen LogP contribution >= 0.6 is 11.3 Å². The van der Waals surface area contributed by atoms with E-state index in [0.717, 1.165) is 5.69 Å². The lowest BCUT2D eigenvalue weighted by molar-refractivity contribution is -0.122. The van der Waals surface area contributed by atoms with E-state index >= 15 is 0 Å². The molecule has 3 rings (SSSR count). The van der Waals surface area contributed by atoms with Gasteiger partial charge in [-0.3, -0.25) is 15.1 Å². The molecule has 0 aliphatic rings. The van der Waals surface area contributed by atoms with E-state index in [1.165, 1.54) is 35.6 Å². The summed E-state index contributed by atoms with van der Waals surface area (Å²) >= 11 is 1.31. The van der Waals surface area contributed by atoms with Crippen molar-refractivity contribution in [3.05, 3.63) is 59.9 Å². The first kappa shape index (κ1) is 16.1. The molecule has 7 heteroatoms. The van der Waals surface area contributed by atoms with Crippen LogP contribution in [0.25, 0.3) is 11.4 Å². The Morgan fingerprint density at radius 1 is 1.21 bits per heavy atom. The fourth-order valence-electron chi connectivity index (χ4n) is 1.94. The zero-order chi connectivity index (χ0) is 16.9. The van der Waals surface area contributed by atoms with Crippen LogP contribution < -0.4 is 10.1 Å². The molecule has 1 amide bonds. The smallest absolute Gasteiger partial charge is 0.266 e. The molecule has 3 aromatic rings. The van der Waals surface area contributed by atoms with Gasteiger partial charge in [0.15, 0.2) is 11.2 Å². The van der Waals surface area contributed by atoms with Gasteiger partial charge in [0.25, 0.3) is 5.91 Å². The molecule has 0 saturated carbocycles. The number of halogens is 1. The fourth-order valence-corrected chi connectivity index (χ4v) is 2.65. The highest BCUT2D eigenvalue weighted by Gasteiger charge is 2.17. The second kappa shape index (κ2) is 7.18. The molecule has 0 bridgehead atoms. The van der Waals surface area contributed by atoms with Gasteiger partial charge in [-0.05, 0) is 43.3 Å². The first-order valence-corrected chi connectivity index (χ1v) is 8.10. The first-order valence-electron chi connectivity index (χ1n) is 7.22. The summed E-state index contributed by atoms with van der Waals surface area (Å²) in [5, 5.41) is 5.00. The fraction of sp³-hybridized carbons (Fsp3) is 0.118. The highest BCUT2D eigenvalue weighted by Crippen LogP contribution is 2.23. The number of pyridine rings is 1. The van der Waals surface area contributed by atoms with Crippen LogP contribution in [0.3, 0.4) is 0 Å². The predicted octanol–water partition coefficient (Wildman–Crippen LogP) is 3.75. The number of thiazole rings is 1. The number of nitrogens with zero attached hydrogens (tertiary/aromatic N) is 2. The summed E-state index contributed by atoms with van der Waals surface area (Å²) in [6.45, 7) is 1.62. The summed E-state index contributed by atoms with van der Waals surface area (Å²) in [5.41, 5.74) is 1.44. The van der Waals surface area contributed by atoms with Crippen molar-refractivity contribution in [2.45, 2.75) is 13.0 Å². The van der Waals surface area contributed by atoms with E-state index in [2.05, 4.69) is 15.3 Å². The van der Waals surface area contributed by atoms with Gasteiger partial charge >= 0.3 is 0 Å². The molecule has 0 saturated heterocycles. The quantitative estimate of drug-likeness (QED) is 0.766. The summed E-state index contributed by atoms with van der Waals surface area (Å²) in [7, 11) is 0. The first-order chi connectivity index (χ1) is 11.6. The number of amides is 1. The molecule has 5 nitrogen and oxygen atoms in total. The normalized spacial score (nSPS) is 11.8. The Balaban J connectivity index is 1.62. The lowest BCUT2D eigenvalue weighted by Crippen LogP contribution is -2.30. The number of rotatable bonds is 5. The molecule has 0 aliphatic carbocycles. The van der Waals surface area contributed by atoms with Crippen LogP contribution in [0.15, 0.2) is 54.0 Å². The third-order valence-corrected chi connectivity index (χ3v) is 3.92. The molecule has 0 unspecified atom stereocenters. The molecule has 1 N–H and O–H groups in total. The average Bonchev–Trinajstić information content (AvgIpc) is 3.06.